The van der Waals surface area contributed by atoms with Crippen molar-refractivity contribution >= 4 is 18.0 Å². The van der Waals surface area contributed by atoms with Crippen molar-refractivity contribution in [2.75, 3.05) is 19.7 Å². The van der Waals surface area contributed by atoms with Crippen molar-refractivity contribution in [3.8, 4) is 0 Å². The highest BCUT2D eigenvalue weighted by atomic mass is 16.5. The summed E-state index contributed by atoms with van der Waals surface area (Å²) in [5.41, 5.74) is -1.12. The maximum atomic E-state index is 12.2. The van der Waals surface area contributed by atoms with Crippen molar-refractivity contribution in [1.29, 1.82) is 0 Å². The summed E-state index contributed by atoms with van der Waals surface area (Å²) in [5, 5.41) is 11.9. The van der Waals surface area contributed by atoms with E-state index in [2.05, 4.69) is 5.32 Å². The second-order valence-corrected chi connectivity index (χ2v) is 5.71. The Morgan fingerprint density at radius 2 is 2.05 bits per heavy atom. The summed E-state index contributed by atoms with van der Waals surface area (Å²) >= 11 is 0. The Morgan fingerprint density at radius 1 is 1.33 bits per heavy atom. The predicted octanol–water partition coefficient (Wildman–Crippen LogP) is 0.978. The number of likely N-dealkylation sites (tertiary alicyclic amines) is 1. The molecule has 1 unspecified atom stereocenters. The normalized spacial score (nSPS) is 23.9. The van der Waals surface area contributed by atoms with Gasteiger partial charge in [0.05, 0.1) is 12.5 Å². The fraction of sp³-hybridized carbons (Fsp3) is 0.786. The van der Waals surface area contributed by atoms with E-state index in [-0.39, 0.29) is 11.9 Å². The highest BCUT2D eigenvalue weighted by molar-refractivity contribution is 5.87. The summed E-state index contributed by atoms with van der Waals surface area (Å²) in [7, 11) is 0. The van der Waals surface area contributed by atoms with Crippen LogP contribution in [0.1, 0.15) is 39.0 Å². The van der Waals surface area contributed by atoms with Gasteiger partial charge in [-0.1, -0.05) is 0 Å². The Morgan fingerprint density at radius 3 is 2.57 bits per heavy atom. The minimum absolute atomic E-state index is 0.286. The topological polar surface area (TPSA) is 95.9 Å². The molecule has 2 rings (SSSR count). The molecule has 1 aliphatic heterocycles. The lowest BCUT2D eigenvalue weighted by atomic mass is 9.77. The fourth-order valence-electron chi connectivity index (χ4n) is 2.82. The molecule has 7 heteroatoms. The van der Waals surface area contributed by atoms with E-state index in [9.17, 15) is 19.5 Å². The van der Waals surface area contributed by atoms with Crippen LogP contribution in [0.15, 0.2) is 0 Å². The third-order valence-electron chi connectivity index (χ3n) is 4.29. The Hall–Kier alpha value is -1.79. The van der Waals surface area contributed by atoms with Crippen LogP contribution in [0.5, 0.6) is 0 Å². The number of esters is 1. The number of nitrogens with one attached hydrogen (secondary N) is 1. The number of amides is 2. The van der Waals surface area contributed by atoms with Crippen molar-refractivity contribution in [2.45, 2.75) is 44.6 Å². The van der Waals surface area contributed by atoms with E-state index in [1.807, 2.05) is 0 Å². The monoisotopic (exact) mass is 298 g/mol. The van der Waals surface area contributed by atoms with Gasteiger partial charge in [0.25, 0.3) is 0 Å². The number of rotatable bonds is 4. The number of ether oxygens (including phenoxy) is 1. The van der Waals surface area contributed by atoms with Gasteiger partial charge in [-0.15, -0.1) is 0 Å². The minimum Gasteiger partial charge on any atom is -0.480 e. The number of carbonyl (C=O) groups excluding carboxylic acids is 2. The largest absolute Gasteiger partial charge is 0.480 e. The zero-order valence-corrected chi connectivity index (χ0v) is 12.3. The molecule has 0 spiro atoms. The van der Waals surface area contributed by atoms with Crippen LogP contribution in [0, 0.1) is 5.92 Å². The molecule has 0 aromatic carbocycles. The molecular weight excluding hydrogens is 276 g/mol. The van der Waals surface area contributed by atoms with Crippen molar-refractivity contribution in [3.05, 3.63) is 0 Å². The zero-order chi connectivity index (χ0) is 15.5. The van der Waals surface area contributed by atoms with Crippen molar-refractivity contribution in [1.82, 2.24) is 10.2 Å². The molecule has 118 valence electrons. The first-order valence-corrected chi connectivity index (χ1v) is 7.45. The molecule has 1 saturated heterocycles. The first kappa shape index (κ1) is 15.6. The smallest absolute Gasteiger partial charge is 0.329 e. The lowest BCUT2D eigenvalue weighted by Gasteiger charge is -2.41. The molecule has 21 heavy (non-hydrogen) atoms. The number of carboxylic acids is 1. The van der Waals surface area contributed by atoms with Gasteiger partial charge in [0, 0.05) is 13.1 Å². The summed E-state index contributed by atoms with van der Waals surface area (Å²) in [6.45, 7) is 2.90. The SMILES string of the molecule is CCOC(=O)C1CCCN(C(=O)NC2(C(=O)O)CCC2)C1. The van der Waals surface area contributed by atoms with E-state index in [1.165, 1.54) is 4.90 Å². The molecule has 1 heterocycles. The Balaban J connectivity index is 1.93. The van der Waals surface area contributed by atoms with Gasteiger partial charge in [-0.3, -0.25) is 4.79 Å². The van der Waals surface area contributed by atoms with Crippen LogP contribution >= 0.6 is 0 Å². The number of hydrogen-bond donors (Lipinski definition) is 2. The average Bonchev–Trinajstić information content (AvgIpc) is 2.42. The van der Waals surface area contributed by atoms with Gasteiger partial charge in [-0.2, -0.15) is 0 Å². The highest BCUT2D eigenvalue weighted by Gasteiger charge is 2.46. The van der Waals surface area contributed by atoms with Gasteiger partial charge in [0.15, 0.2) is 0 Å². The number of carboxylic acid groups (broad SMARTS) is 1. The molecule has 0 aromatic rings. The van der Waals surface area contributed by atoms with E-state index in [1.54, 1.807) is 6.92 Å². The molecule has 2 N–H and O–H groups in total. The summed E-state index contributed by atoms with van der Waals surface area (Å²) in [6.07, 6.45) is 3.15. The molecule has 2 amide bonds. The molecule has 2 aliphatic rings. The Kier molecular flexibility index (Phi) is 4.69. The summed E-state index contributed by atoms with van der Waals surface area (Å²) in [6, 6.07) is -0.397. The number of piperidine rings is 1. The van der Waals surface area contributed by atoms with Gasteiger partial charge < -0.3 is 20.1 Å². The van der Waals surface area contributed by atoms with E-state index >= 15 is 0 Å². The summed E-state index contributed by atoms with van der Waals surface area (Å²) < 4.78 is 4.99. The number of hydrogen-bond acceptors (Lipinski definition) is 4. The average molecular weight is 298 g/mol. The zero-order valence-electron chi connectivity index (χ0n) is 12.3. The number of urea groups is 1. The van der Waals surface area contributed by atoms with Crippen LogP contribution in [0.4, 0.5) is 4.79 Å². The van der Waals surface area contributed by atoms with E-state index < -0.39 is 17.5 Å². The molecule has 2 fully saturated rings. The van der Waals surface area contributed by atoms with Gasteiger partial charge in [-0.05, 0) is 39.0 Å². The van der Waals surface area contributed by atoms with E-state index in [4.69, 9.17) is 4.74 Å². The minimum atomic E-state index is -1.12. The molecule has 0 aromatic heterocycles. The summed E-state index contributed by atoms with van der Waals surface area (Å²) in [5.74, 6) is -1.58. The Bertz CT molecular complexity index is 433. The van der Waals surface area contributed by atoms with Gasteiger partial charge in [0.1, 0.15) is 5.54 Å². The molecule has 7 nitrogen and oxygen atoms in total. The van der Waals surface area contributed by atoms with Crippen LogP contribution in [0.25, 0.3) is 0 Å². The van der Waals surface area contributed by atoms with E-state index in [0.717, 1.165) is 12.8 Å². The van der Waals surface area contributed by atoms with Crippen molar-refractivity contribution in [3.63, 3.8) is 0 Å². The number of nitrogens with zero attached hydrogens (tertiary/aromatic N) is 1. The number of aliphatic carboxylic acids is 1. The standard InChI is InChI=1S/C14H22N2O5/c1-2-21-11(17)10-5-3-8-16(9-10)13(20)15-14(12(18)19)6-4-7-14/h10H,2-9H2,1H3,(H,15,20)(H,18,19). The third kappa shape index (κ3) is 3.28. The lowest BCUT2D eigenvalue weighted by molar-refractivity contribution is -0.150. The molecule has 0 bridgehead atoms. The van der Waals surface area contributed by atoms with Crippen LogP contribution in [-0.4, -0.2) is 53.2 Å². The van der Waals surface area contributed by atoms with Crippen LogP contribution in [-0.2, 0) is 14.3 Å². The van der Waals surface area contributed by atoms with Crippen LogP contribution in [0.2, 0.25) is 0 Å². The molecule has 1 aliphatic carbocycles. The number of carbonyl (C=O) groups is 3. The van der Waals surface area contributed by atoms with Crippen LogP contribution in [0.3, 0.4) is 0 Å². The summed E-state index contributed by atoms with van der Waals surface area (Å²) in [4.78, 5) is 36.8. The maximum absolute atomic E-state index is 12.2. The molecule has 1 saturated carbocycles. The molecule has 1 atom stereocenters. The van der Waals surface area contributed by atoms with E-state index in [0.29, 0.717) is 39.0 Å². The Labute approximate surface area is 123 Å². The molecule has 0 radical (unpaired) electrons. The maximum Gasteiger partial charge on any atom is 0.329 e. The second-order valence-electron chi connectivity index (χ2n) is 5.71. The molecular formula is C14H22N2O5. The van der Waals surface area contributed by atoms with Gasteiger partial charge >= 0.3 is 18.0 Å². The third-order valence-corrected chi connectivity index (χ3v) is 4.29. The van der Waals surface area contributed by atoms with Crippen molar-refractivity contribution < 1.29 is 24.2 Å². The van der Waals surface area contributed by atoms with Gasteiger partial charge in [0.2, 0.25) is 0 Å². The van der Waals surface area contributed by atoms with Crippen LogP contribution < -0.4 is 5.32 Å². The van der Waals surface area contributed by atoms with Gasteiger partial charge in [-0.25, -0.2) is 9.59 Å². The van der Waals surface area contributed by atoms with Crippen molar-refractivity contribution in [2.24, 2.45) is 5.92 Å². The second kappa shape index (κ2) is 6.32. The fourth-order valence-corrected chi connectivity index (χ4v) is 2.82. The highest BCUT2D eigenvalue weighted by Crippen LogP contribution is 2.32. The first-order valence-electron chi connectivity index (χ1n) is 7.45. The first-order chi connectivity index (χ1) is 9.98. The predicted molar refractivity (Wildman–Crippen MR) is 73.7 cm³/mol. The quantitative estimate of drug-likeness (QED) is 0.754. The lowest BCUT2D eigenvalue weighted by Crippen LogP contribution is -2.62.